The normalized spacial score (nSPS) is 12.6. The number of aliphatic hydroxyl groups excluding tert-OH is 1. The van der Waals surface area contributed by atoms with Crippen molar-refractivity contribution in [3.63, 3.8) is 0 Å². The number of fused-ring (bicyclic) bond motifs is 3. The molecule has 3 rings (SSSR count). The maximum Gasteiger partial charge on any atom is 0.409 e. The lowest BCUT2D eigenvalue weighted by Crippen LogP contribution is -2.40. The number of halogens is 1. The number of ether oxygens (including phenoxy) is 1. The highest BCUT2D eigenvalue weighted by Crippen LogP contribution is 2.38. The molecule has 0 fully saturated rings. The first-order valence-corrected chi connectivity index (χ1v) is 7.19. The summed E-state index contributed by atoms with van der Waals surface area (Å²) in [4.78, 5) is 11.6. The Bertz CT molecular complexity index is 706. The number of hydrogen-bond donors (Lipinski definition) is 3. The molecule has 0 saturated carbocycles. The van der Waals surface area contributed by atoms with Crippen LogP contribution in [0.25, 0.3) is 11.1 Å². The summed E-state index contributed by atoms with van der Waals surface area (Å²) in [6, 6.07) is 14.3. The molecule has 0 heterocycles. The van der Waals surface area contributed by atoms with E-state index in [4.69, 9.17) is 10.5 Å². The van der Waals surface area contributed by atoms with E-state index in [9.17, 15) is 9.90 Å². The van der Waals surface area contributed by atoms with Crippen LogP contribution < -0.4 is 11.1 Å². The van der Waals surface area contributed by atoms with Crippen LogP contribution in [0.2, 0.25) is 0 Å². The zero-order chi connectivity index (χ0) is 15.5. The number of hydrogen-bond acceptors (Lipinski definition) is 4. The van der Waals surface area contributed by atoms with Crippen LogP contribution in [0.4, 0.5) is 4.79 Å². The van der Waals surface area contributed by atoms with Crippen molar-refractivity contribution >= 4 is 23.1 Å². The van der Waals surface area contributed by atoms with Gasteiger partial charge in [0.25, 0.3) is 0 Å². The third-order valence-electron chi connectivity index (χ3n) is 3.81. The van der Waals surface area contributed by atoms with Gasteiger partial charge in [0, 0.05) is 6.54 Å². The molecule has 0 bridgehead atoms. The second kappa shape index (κ2) is 7.59. The van der Waals surface area contributed by atoms with Crippen molar-refractivity contribution in [3.8, 4) is 11.1 Å². The summed E-state index contributed by atoms with van der Waals surface area (Å²) in [5.41, 5.74) is 11.1. The molecule has 23 heavy (non-hydrogen) atoms. The summed E-state index contributed by atoms with van der Waals surface area (Å²) < 4.78 is 5.16. The van der Waals surface area contributed by atoms with Gasteiger partial charge >= 0.3 is 6.09 Å². The Morgan fingerprint density at radius 3 is 2.74 bits per heavy atom. The second-order valence-electron chi connectivity index (χ2n) is 5.25. The minimum Gasteiger partial charge on any atom is -0.445 e. The molecule has 0 aromatic heterocycles. The predicted molar refractivity (Wildman–Crippen MR) is 93.4 cm³/mol. The van der Waals surface area contributed by atoms with Crippen molar-refractivity contribution < 1.29 is 14.6 Å². The molecule has 0 radical (unpaired) electrons. The Morgan fingerprint density at radius 1 is 1.22 bits per heavy atom. The number of nitrogens with two attached hydrogens (primary N) is 1. The average molecular weight is 379 g/mol. The summed E-state index contributed by atoms with van der Waals surface area (Å²) >= 11 is 0. The second-order valence-corrected chi connectivity index (χ2v) is 5.25. The van der Waals surface area contributed by atoms with Gasteiger partial charge in [-0.05, 0) is 34.2 Å². The van der Waals surface area contributed by atoms with Crippen molar-refractivity contribution in [1.29, 1.82) is 0 Å². The first kappa shape index (κ1) is 17.5. The molecule has 1 unspecified atom stereocenters. The first-order chi connectivity index (χ1) is 10.7. The van der Waals surface area contributed by atoms with Gasteiger partial charge in [0.05, 0.1) is 0 Å². The van der Waals surface area contributed by atoms with E-state index >= 15 is 0 Å². The van der Waals surface area contributed by atoms with Crippen molar-refractivity contribution in [2.24, 2.45) is 5.73 Å². The molecular formula is C17H19BrN2O3. The number of amides is 1. The zero-order valence-corrected chi connectivity index (χ0v) is 14.2. The lowest BCUT2D eigenvalue weighted by atomic mass is 10.0. The monoisotopic (exact) mass is 378 g/mol. The predicted octanol–water partition coefficient (Wildman–Crippen LogP) is 2.34. The van der Waals surface area contributed by atoms with Gasteiger partial charge in [-0.2, -0.15) is 0 Å². The van der Waals surface area contributed by atoms with E-state index < -0.39 is 12.3 Å². The van der Waals surface area contributed by atoms with Crippen molar-refractivity contribution in [2.45, 2.75) is 19.3 Å². The van der Waals surface area contributed by atoms with E-state index in [0.29, 0.717) is 0 Å². The van der Waals surface area contributed by atoms with Crippen LogP contribution in [0.1, 0.15) is 16.7 Å². The maximum absolute atomic E-state index is 11.6. The van der Waals surface area contributed by atoms with Crippen molar-refractivity contribution in [2.75, 3.05) is 6.54 Å². The van der Waals surface area contributed by atoms with Gasteiger partial charge in [0.2, 0.25) is 0 Å². The number of rotatable bonds is 4. The molecule has 2 aromatic rings. The van der Waals surface area contributed by atoms with E-state index in [1.807, 2.05) is 24.3 Å². The molecular weight excluding hydrogens is 360 g/mol. The van der Waals surface area contributed by atoms with Gasteiger partial charge in [0.1, 0.15) is 12.8 Å². The molecule has 2 aromatic carbocycles. The fourth-order valence-corrected chi connectivity index (χ4v) is 2.74. The molecule has 6 heteroatoms. The average Bonchev–Trinajstić information content (AvgIpc) is 2.92. The molecule has 1 aliphatic carbocycles. The number of alkyl carbamates (subject to hydrolysis) is 1. The summed E-state index contributed by atoms with van der Waals surface area (Å²) in [6.45, 7) is 0.116. The van der Waals surface area contributed by atoms with E-state index in [0.717, 1.165) is 12.0 Å². The van der Waals surface area contributed by atoms with Crippen LogP contribution in [0, 0.1) is 0 Å². The third kappa shape index (κ3) is 3.72. The molecule has 0 spiro atoms. The van der Waals surface area contributed by atoms with Crippen LogP contribution in [-0.2, 0) is 17.8 Å². The van der Waals surface area contributed by atoms with E-state index in [2.05, 4.69) is 23.5 Å². The lowest BCUT2D eigenvalue weighted by Gasteiger charge is -2.12. The zero-order valence-electron chi connectivity index (χ0n) is 12.5. The number of carbonyl (C=O) groups is 1. The van der Waals surface area contributed by atoms with Gasteiger partial charge in [-0.15, -0.1) is 17.0 Å². The number of nitrogens with one attached hydrogen (secondary N) is 1. The summed E-state index contributed by atoms with van der Waals surface area (Å²) in [5.74, 6) is 0. The molecule has 5 nitrogen and oxygen atoms in total. The Hall–Kier alpha value is -1.89. The van der Waals surface area contributed by atoms with Gasteiger partial charge in [-0.3, -0.25) is 5.32 Å². The van der Waals surface area contributed by atoms with Crippen LogP contribution >= 0.6 is 17.0 Å². The number of benzene rings is 2. The van der Waals surface area contributed by atoms with Crippen LogP contribution in [0.3, 0.4) is 0 Å². The van der Waals surface area contributed by atoms with Crippen LogP contribution in [-0.4, -0.2) is 24.0 Å². The molecule has 1 atom stereocenters. The molecule has 1 aliphatic rings. The van der Waals surface area contributed by atoms with Crippen LogP contribution in [0.5, 0.6) is 0 Å². The van der Waals surface area contributed by atoms with Gasteiger partial charge in [-0.25, -0.2) is 4.79 Å². The third-order valence-corrected chi connectivity index (χ3v) is 3.81. The fourth-order valence-electron chi connectivity index (χ4n) is 2.74. The minimum atomic E-state index is -1.08. The quantitative estimate of drug-likeness (QED) is 0.608. The smallest absolute Gasteiger partial charge is 0.409 e. The lowest BCUT2D eigenvalue weighted by molar-refractivity contribution is 0.0982. The van der Waals surface area contributed by atoms with Crippen molar-refractivity contribution in [1.82, 2.24) is 5.32 Å². The molecule has 0 aliphatic heterocycles. The molecule has 0 saturated heterocycles. The van der Waals surface area contributed by atoms with Gasteiger partial charge < -0.3 is 15.6 Å². The fraction of sp³-hybridized carbons (Fsp3) is 0.235. The molecule has 1 amide bonds. The number of carbonyl (C=O) groups excluding carboxylic acids is 1. The topological polar surface area (TPSA) is 84.6 Å². The largest absolute Gasteiger partial charge is 0.445 e. The molecule has 4 N–H and O–H groups in total. The SMILES string of the molecule is Br.NCC(O)NC(=O)OCc1cccc2c1Cc1ccccc1-2. The Morgan fingerprint density at radius 2 is 1.96 bits per heavy atom. The van der Waals surface area contributed by atoms with Gasteiger partial charge in [-0.1, -0.05) is 42.5 Å². The highest BCUT2D eigenvalue weighted by molar-refractivity contribution is 8.93. The highest BCUT2D eigenvalue weighted by atomic mass is 79.9. The van der Waals surface area contributed by atoms with E-state index in [1.165, 1.54) is 22.3 Å². The van der Waals surface area contributed by atoms with E-state index in [-0.39, 0.29) is 30.1 Å². The number of aliphatic hydroxyl groups is 1. The first-order valence-electron chi connectivity index (χ1n) is 7.19. The Balaban J connectivity index is 0.00000192. The highest BCUT2D eigenvalue weighted by Gasteiger charge is 2.20. The summed E-state index contributed by atoms with van der Waals surface area (Å²) in [5, 5.41) is 11.5. The molecule has 122 valence electrons. The Labute approximate surface area is 145 Å². The standard InChI is InChI=1S/C17H18N2O3.BrH/c18-9-16(20)19-17(21)22-10-12-5-3-7-14-13-6-2-1-4-11(13)8-15(12)14;/h1-7,16,20H,8-10,18H2,(H,19,21);1H. The van der Waals surface area contributed by atoms with E-state index in [1.54, 1.807) is 0 Å². The maximum atomic E-state index is 11.6. The summed E-state index contributed by atoms with van der Waals surface area (Å²) in [7, 11) is 0. The summed E-state index contributed by atoms with van der Waals surface area (Å²) in [6.07, 6.45) is -0.915. The minimum absolute atomic E-state index is 0. The van der Waals surface area contributed by atoms with Crippen LogP contribution in [0.15, 0.2) is 42.5 Å². The van der Waals surface area contributed by atoms with Crippen molar-refractivity contribution in [3.05, 3.63) is 59.2 Å². The van der Waals surface area contributed by atoms with Gasteiger partial charge in [0.15, 0.2) is 0 Å². The Kier molecular flexibility index (Phi) is 5.76.